The highest BCUT2D eigenvalue weighted by molar-refractivity contribution is 14.1. The van der Waals surface area contributed by atoms with E-state index in [0.717, 1.165) is 6.42 Å². The predicted octanol–water partition coefficient (Wildman–Crippen LogP) is 1.58. The smallest absolute Gasteiger partial charge is 0.0623 e. The van der Waals surface area contributed by atoms with Crippen molar-refractivity contribution in [2.45, 2.75) is 13.3 Å². The van der Waals surface area contributed by atoms with Crippen LogP contribution in [0.3, 0.4) is 0 Å². The summed E-state index contributed by atoms with van der Waals surface area (Å²) in [5.41, 5.74) is 1.23. The molecule has 0 bridgehead atoms. The SMILES string of the molecule is CCc1[nH]ncc1I. The number of aromatic nitrogens is 2. The predicted molar refractivity (Wildman–Crippen MR) is 40.7 cm³/mol. The molecule has 0 spiro atoms. The summed E-state index contributed by atoms with van der Waals surface area (Å²) in [4.78, 5) is 0. The number of hydrogen-bond donors (Lipinski definition) is 1. The normalized spacial score (nSPS) is 9.75. The minimum absolute atomic E-state index is 1.04. The molecule has 0 aliphatic carbocycles. The van der Waals surface area contributed by atoms with E-state index in [4.69, 9.17) is 0 Å². The second-order valence-corrected chi connectivity index (χ2v) is 2.71. The Hall–Kier alpha value is -0.0600. The largest absolute Gasteiger partial charge is 0.281 e. The number of H-pyrrole nitrogens is 1. The van der Waals surface area contributed by atoms with Crippen LogP contribution in [0.5, 0.6) is 0 Å². The van der Waals surface area contributed by atoms with Crippen molar-refractivity contribution in [3.63, 3.8) is 0 Å². The fourth-order valence-electron chi connectivity index (χ4n) is 0.546. The standard InChI is InChI=1S/C5H7IN2/c1-2-5-4(6)3-7-8-5/h3H,2H2,1H3,(H,7,8). The summed E-state index contributed by atoms with van der Waals surface area (Å²) in [6.45, 7) is 2.11. The zero-order valence-corrected chi connectivity index (χ0v) is 6.77. The molecule has 0 aliphatic heterocycles. The van der Waals surface area contributed by atoms with E-state index in [2.05, 4.69) is 39.7 Å². The summed E-state index contributed by atoms with van der Waals surface area (Å²) in [6.07, 6.45) is 2.87. The Kier molecular flexibility index (Phi) is 1.88. The summed E-state index contributed by atoms with van der Waals surface area (Å²) >= 11 is 2.26. The lowest BCUT2D eigenvalue weighted by Gasteiger charge is -1.85. The van der Waals surface area contributed by atoms with Gasteiger partial charge in [-0.2, -0.15) is 5.10 Å². The van der Waals surface area contributed by atoms with Crippen LogP contribution in [0.25, 0.3) is 0 Å². The maximum Gasteiger partial charge on any atom is 0.0623 e. The summed E-state index contributed by atoms with van der Waals surface area (Å²) in [7, 11) is 0. The molecular weight excluding hydrogens is 215 g/mol. The fourth-order valence-corrected chi connectivity index (χ4v) is 1.19. The molecule has 0 saturated heterocycles. The molecule has 1 heterocycles. The summed E-state index contributed by atoms with van der Waals surface area (Å²) in [5.74, 6) is 0. The minimum atomic E-state index is 1.04. The van der Waals surface area contributed by atoms with E-state index in [1.165, 1.54) is 9.26 Å². The van der Waals surface area contributed by atoms with E-state index < -0.39 is 0 Å². The average molecular weight is 222 g/mol. The number of aromatic amines is 1. The Morgan fingerprint density at radius 2 is 2.62 bits per heavy atom. The van der Waals surface area contributed by atoms with Gasteiger partial charge in [0.1, 0.15) is 0 Å². The maximum absolute atomic E-state index is 3.86. The van der Waals surface area contributed by atoms with Gasteiger partial charge >= 0.3 is 0 Å². The van der Waals surface area contributed by atoms with Crippen molar-refractivity contribution in [3.05, 3.63) is 15.5 Å². The van der Waals surface area contributed by atoms with Gasteiger partial charge in [-0.3, -0.25) is 5.10 Å². The molecule has 1 aromatic rings. The Balaban J connectivity index is 2.92. The topological polar surface area (TPSA) is 28.7 Å². The number of nitrogens with one attached hydrogen (secondary N) is 1. The third-order valence-corrected chi connectivity index (χ3v) is 1.95. The summed E-state index contributed by atoms with van der Waals surface area (Å²) < 4.78 is 1.23. The molecule has 3 heteroatoms. The second-order valence-electron chi connectivity index (χ2n) is 1.55. The highest BCUT2D eigenvalue weighted by Gasteiger charge is 1.94. The number of nitrogens with zero attached hydrogens (tertiary/aromatic N) is 1. The van der Waals surface area contributed by atoms with E-state index in [1.807, 2.05) is 6.20 Å². The van der Waals surface area contributed by atoms with Crippen molar-refractivity contribution in [1.29, 1.82) is 0 Å². The number of rotatable bonds is 1. The molecule has 0 amide bonds. The second kappa shape index (κ2) is 2.48. The first-order chi connectivity index (χ1) is 3.84. The van der Waals surface area contributed by atoms with Crippen molar-refractivity contribution in [2.75, 3.05) is 0 Å². The molecule has 0 aromatic carbocycles. The van der Waals surface area contributed by atoms with Crippen LogP contribution in [0.2, 0.25) is 0 Å². The quantitative estimate of drug-likeness (QED) is 0.718. The first kappa shape index (κ1) is 6.07. The maximum atomic E-state index is 3.86. The van der Waals surface area contributed by atoms with Crippen molar-refractivity contribution < 1.29 is 0 Å². The van der Waals surface area contributed by atoms with Crippen molar-refractivity contribution in [2.24, 2.45) is 0 Å². The summed E-state index contributed by atoms with van der Waals surface area (Å²) in [6, 6.07) is 0. The molecule has 0 aliphatic rings. The lowest BCUT2D eigenvalue weighted by atomic mass is 10.4. The van der Waals surface area contributed by atoms with Crippen molar-refractivity contribution in [3.8, 4) is 0 Å². The van der Waals surface area contributed by atoms with Gasteiger partial charge in [0.05, 0.1) is 9.77 Å². The Morgan fingerprint density at radius 1 is 1.88 bits per heavy atom. The summed E-state index contributed by atoms with van der Waals surface area (Å²) in [5, 5.41) is 6.76. The molecule has 44 valence electrons. The molecule has 1 aromatic heterocycles. The van der Waals surface area contributed by atoms with Gasteiger partial charge in [0.2, 0.25) is 0 Å². The lowest BCUT2D eigenvalue weighted by molar-refractivity contribution is 0.971. The molecule has 0 radical (unpaired) electrons. The van der Waals surface area contributed by atoms with Crippen LogP contribution in [0, 0.1) is 3.57 Å². The van der Waals surface area contributed by atoms with Gasteiger partial charge in [0, 0.05) is 5.69 Å². The van der Waals surface area contributed by atoms with Crippen LogP contribution in [0.4, 0.5) is 0 Å². The van der Waals surface area contributed by atoms with Crippen LogP contribution < -0.4 is 0 Å². The van der Waals surface area contributed by atoms with E-state index >= 15 is 0 Å². The first-order valence-electron chi connectivity index (χ1n) is 2.52. The molecule has 1 rings (SSSR count). The third kappa shape index (κ3) is 1.02. The highest BCUT2D eigenvalue weighted by atomic mass is 127. The van der Waals surface area contributed by atoms with Gasteiger partial charge in [-0.1, -0.05) is 6.92 Å². The van der Waals surface area contributed by atoms with Crippen LogP contribution in [0.1, 0.15) is 12.6 Å². The van der Waals surface area contributed by atoms with E-state index in [-0.39, 0.29) is 0 Å². The van der Waals surface area contributed by atoms with E-state index in [9.17, 15) is 0 Å². The molecule has 2 nitrogen and oxygen atoms in total. The van der Waals surface area contributed by atoms with Gasteiger partial charge in [-0.15, -0.1) is 0 Å². The molecule has 0 saturated carbocycles. The lowest BCUT2D eigenvalue weighted by Crippen LogP contribution is -1.80. The van der Waals surface area contributed by atoms with Crippen molar-refractivity contribution in [1.82, 2.24) is 10.2 Å². The Morgan fingerprint density at radius 3 is 2.88 bits per heavy atom. The molecular formula is C5H7IN2. The number of aryl methyl sites for hydroxylation is 1. The molecule has 1 N–H and O–H groups in total. The molecule has 0 unspecified atom stereocenters. The van der Waals surface area contributed by atoms with Gasteiger partial charge in [-0.25, -0.2) is 0 Å². The van der Waals surface area contributed by atoms with E-state index in [0.29, 0.717) is 0 Å². The first-order valence-corrected chi connectivity index (χ1v) is 3.60. The van der Waals surface area contributed by atoms with Gasteiger partial charge < -0.3 is 0 Å². The number of hydrogen-bond acceptors (Lipinski definition) is 1. The Labute approximate surface area is 61.8 Å². The third-order valence-electron chi connectivity index (χ3n) is 1.02. The number of halogens is 1. The molecule has 8 heavy (non-hydrogen) atoms. The Bertz CT molecular complexity index is 171. The molecule has 0 atom stereocenters. The van der Waals surface area contributed by atoms with Gasteiger partial charge in [-0.05, 0) is 29.0 Å². The average Bonchev–Trinajstić information content (AvgIpc) is 2.14. The zero-order chi connectivity index (χ0) is 5.98. The highest BCUT2D eigenvalue weighted by Crippen LogP contribution is 2.06. The molecule has 0 fully saturated rings. The van der Waals surface area contributed by atoms with Crippen molar-refractivity contribution >= 4 is 22.6 Å². The van der Waals surface area contributed by atoms with E-state index in [1.54, 1.807) is 0 Å². The van der Waals surface area contributed by atoms with Crippen LogP contribution in [-0.2, 0) is 6.42 Å². The van der Waals surface area contributed by atoms with Gasteiger partial charge in [0.15, 0.2) is 0 Å². The van der Waals surface area contributed by atoms with Crippen LogP contribution in [0.15, 0.2) is 6.20 Å². The van der Waals surface area contributed by atoms with Crippen LogP contribution >= 0.6 is 22.6 Å². The minimum Gasteiger partial charge on any atom is -0.281 e. The monoisotopic (exact) mass is 222 g/mol. The zero-order valence-electron chi connectivity index (χ0n) is 4.61. The fraction of sp³-hybridized carbons (Fsp3) is 0.400. The van der Waals surface area contributed by atoms with Gasteiger partial charge in [0.25, 0.3) is 0 Å². The van der Waals surface area contributed by atoms with Crippen LogP contribution in [-0.4, -0.2) is 10.2 Å².